The maximum Gasteiger partial charge on any atom is 0.264 e. The van der Waals surface area contributed by atoms with Gasteiger partial charge in [0.1, 0.15) is 5.82 Å². The molecule has 1 aliphatic rings. The molecular formula is C15H22N6O. The maximum absolute atomic E-state index is 11.2. The van der Waals surface area contributed by atoms with Crippen LogP contribution in [0, 0.1) is 0 Å². The lowest BCUT2D eigenvalue weighted by molar-refractivity contribution is 0.428. The fourth-order valence-electron chi connectivity index (χ4n) is 2.95. The number of hydrogen-bond donors (Lipinski definition) is 2. The summed E-state index contributed by atoms with van der Waals surface area (Å²) in [5, 5.41) is 14.4. The van der Waals surface area contributed by atoms with Crippen molar-refractivity contribution in [1.82, 2.24) is 25.3 Å². The Hall–Kier alpha value is -2.15. The van der Waals surface area contributed by atoms with Gasteiger partial charge >= 0.3 is 0 Å². The van der Waals surface area contributed by atoms with Crippen LogP contribution in [0.2, 0.25) is 0 Å². The number of H-pyrrole nitrogens is 1. The Kier molecular flexibility index (Phi) is 4.53. The number of nitrogens with zero attached hydrogens (tertiary/aromatic N) is 4. The van der Waals surface area contributed by atoms with Crippen LogP contribution in [0.4, 0.5) is 5.82 Å². The number of nitrogens with one attached hydrogen (secondary N) is 2. The van der Waals surface area contributed by atoms with Crippen molar-refractivity contribution in [3.63, 3.8) is 0 Å². The Morgan fingerprint density at radius 2 is 2.27 bits per heavy atom. The van der Waals surface area contributed by atoms with Gasteiger partial charge in [0.05, 0.1) is 5.69 Å². The van der Waals surface area contributed by atoms with Crippen LogP contribution in [0.1, 0.15) is 25.0 Å². The van der Waals surface area contributed by atoms with E-state index in [1.807, 2.05) is 24.0 Å². The van der Waals surface area contributed by atoms with Crippen LogP contribution >= 0.6 is 0 Å². The van der Waals surface area contributed by atoms with E-state index in [0.29, 0.717) is 6.04 Å². The third-order valence-electron chi connectivity index (χ3n) is 4.19. The van der Waals surface area contributed by atoms with E-state index < -0.39 is 0 Å². The number of piperidine rings is 1. The second kappa shape index (κ2) is 6.74. The van der Waals surface area contributed by atoms with Crippen molar-refractivity contribution in [3.05, 3.63) is 40.4 Å². The van der Waals surface area contributed by atoms with E-state index in [1.54, 1.807) is 6.07 Å². The van der Waals surface area contributed by atoms with Gasteiger partial charge < -0.3 is 10.2 Å². The average molecular weight is 302 g/mol. The average Bonchev–Trinajstić information content (AvgIpc) is 2.94. The monoisotopic (exact) mass is 302 g/mol. The molecule has 1 fully saturated rings. The zero-order valence-electron chi connectivity index (χ0n) is 12.8. The molecule has 2 N–H and O–H groups in total. The highest BCUT2D eigenvalue weighted by Crippen LogP contribution is 2.21. The molecule has 0 radical (unpaired) electrons. The summed E-state index contributed by atoms with van der Waals surface area (Å²) < 4.78 is 1.88. The van der Waals surface area contributed by atoms with Crippen LogP contribution in [0.15, 0.2) is 29.2 Å². The quantitative estimate of drug-likeness (QED) is 0.848. The van der Waals surface area contributed by atoms with Crippen molar-refractivity contribution in [2.45, 2.75) is 31.8 Å². The van der Waals surface area contributed by atoms with E-state index in [-0.39, 0.29) is 5.56 Å². The molecular weight excluding hydrogens is 280 g/mol. The van der Waals surface area contributed by atoms with Crippen molar-refractivity contribution < 1.29 is 0 Å². The van der Waals surface area contributed by atoms with Crippen molar-refractivity contribution in [3.8, 4) is 0 Å². The highest BCUT2D eigenvalue weighted by atomic mass is 16.1. The molecule has 1 saturated heterocycles. The van der Waals surface area contributed by atoms with Crippen LogP contribution in [0.3, 0.4) is 0 Å². The number of rotatable bonds is 5. The predicted octanol–water partition coefficient (Wildman–Crippen LogP) is 0.652. The molecule has 0 aromatic carbocycles. The second-order valence-electron chi connectivity index (χ2n) is 5.70. The highest BCUT2D eigenvalue weighted by Gasteiger charge is 2.23. The molecule has 1 aliphatic heterocycles. The first-order valence-electron chi connectivity index (χ1n) is 7.74. The Bertz CT molecular complexity index is 644. The smallest absolute Gasteiger partial charge is 0.264 e. The zero-order chi connectivity index (χ0) is 15.4. The minimum atomic E-state index is -0.161. The lowest BCUT2D eigenvalue weighted by Gasteiger charge is -2.36. The van der Waals surface area contributed by atoms with Gasteiger partial charge in [0.2, 0.25) is 0 Å². The highest BCUT2D eigenvalue weighted by molar-refractivity contribution is 5.38. The summed E-state index contributed by atoms with van der Waals surface area (Å²) in [4.78, 5) is 13.5. The van der Waals surface area contributed by atoms with Crippen molar-refractivity contribution in [1.29, 1.82) is 0 Å². The Morgan fingerprint density at radius 1 is 1.36 bits per heavy atom. The number of hydrogen-bond acceptors (Lipinski definition) is 5. The Balaban J connectivity index is 1.61. The summed E-state index contributed by atoms with van der Waals surface area (Å²) in [6.07, 6.45) is 5.35. The fraction of sp³-hybridized carbons (Fsp3) is 0.533. The number of aromatic amines is 1. The predicted molar refractivity (Wildman–Crippen MR) is 84.8 cm³/mol. The molecule has 0 bridgehead atoms. The van der Waals surface area contributed by atoms with Gasteiger partial charge in [-0.2, -0.15) is 10.2 Å². The lowest BCUT2D eigenvalue weighted by Crippen LogP contribution is -2.46. The van der Waals surface area contributed by atoms with Crippen LogP contribution in [0.25, 0.3) is 0 Å². The molecule has 2 aromatic rings. The van der Waals surface area contributed by atoms with Crippen molar-refractivity contribution in [2.24, 2.45) is 7.05 Å². The molecule has 0 saturated carbocycles. The summed E-state index contributed by atoms with van der Waals surface area (Å²) in [7, 11) is 1.95. The molecule has 3 heterocycles. The molecule has 0 aliphatic carbocycles. The largest absolute Gasteiger partial charge is 0.351 e. The normalized spacial score (nSPS) is 18.6. The van der Waals surface area contributed by atoms with E-state index in [4.69, 9.17) is 0 Å². The van der Waals surface area contributed by atoms with Crippen LogP contribution < -0.4 is 15.8 Å². The van der Waals surface area contributed by atoms with E-state index in [2.05, 4.69) is 25.5 Å². The SMILES string of the molecule is Cn1nccc1CNCC1CCCCN1c1ccc(=O)[nH]n1. The summed E-state index contributed by atoms with van der Waals surface area (Å²) in [5.74, 6) is 0.853. The Morgan fingerprint density at radius 3 is 3.00 bits per heavy atom. The molecule has 118 valence electrons. The molecule has 3 rings (SSSR count). The van der Waals surface area contributed by atoms with Gasteiger partial charge in [0.25, 0.3) is 5.56 Å². The van der Waals surface area contributed by atoms with Gasteiger partial charge in [-0.1, -0.05) is 0 Å². The van der Waals surface area contributed by atoms with Crippen LogP contribution in [-0.4, -0.2) is 39.1 Å². The van der Waals surface area contributed by atoms with Crippen LogP contribution in [-0.2, 0) is 13.6 Å². The van der Waals surface area contributed by atoms with Gasteiger partial charge in [-0.3, -0.25) is 9.48 Å². The maximum atomic E-state index is 11.2. The minimum Gasteiger partial charge on any atom is -0.351 e. The fourth-order valence-corrected chi connectivity index (χ4v) is 2.95. The molecule has 0 spiro atoms. The van der Waals surface area contributed by atoms with Gasteiger partial charge in [-0.05, 0) is 31.4 Å². The molecule has 22 heavy (non-hydrogen) atoms. The standard InChI is InChI=1S/C15H22N6O/c1-20-12(7-8-17-20)10-16-11-13-4-2-3-9-21(13)14-5-6-15(22)19-18-14/h5-8,13,16H,2-4,9-11H2,1H3,(H,19,22). The third-order valence-corrected chi connectivity index (χ3v) is 4.19. The van der Waals surface area contributed by atoms with E-state index in [9.17, 15) is 4.79 Å². The number of anilines is 1. The van der Waals surface area contributed by atoms with Gasteiger partial charge in [-0.15, -0.1) is 0 Å². The first kappa shape index (κ1) is 14.8. The first-order valence-corrected chi connectivity index (χ1v) is 7.74. The van der Waals surface area contributed by atoms with Gasteiger partial charge in [-0.25, -0.2) is 5.10 Å². The molecule has 7 nitrogen and oxygen atoms in total. The minimum absolute atomic E-state index is 0.161. The lowest BCUT2D eigenvalue weighted by atomic mass is 10.0. The molecule has 1 atom stereocenters. The van der Waals surface area contributed by atoms with E-state index in [1.165, 1.54) is 24.6 Å². The molecule has 0 amide bonds. The zero-order valence-corrected chi connectivity index (χ0v) is 12.8. The molecule has 1 unspecified atom stereocenters. The second-order valence-corrected chi connectivity index (χ2v) is 5.70. The van der Waals surface area contributed by atoms with Crippen LogP contribution in [0.5, 0.6) is 0 Å². The van der Waals surface area contributed by atoms with Gasteiger partial charge in [0, 0.05) is 45.0 Å². The number of aromatic nitrogens is 4. The summed E-state index contributed by atoms with van der Waals surface area (Å²) in [5.41, 5.74) is 1.01. The summed E-state index contributed by atoms with van der Waals surface area (Å²) in [6.45, 7) is 2.68. The van der Waals surface area contributed by atoms with E-state index >= 15 is 0 Å². The number of aryl methyl sites for hydroxylation is 1. The van der Waals surface area contributed by atoms with Crippen molar-refractivity contribution in [2.75, 3.05) is 18.0 Å². The summed E-state index contributed by atoms with van der Waals surface area (Å²) >= 11 is 0. The van der Waals surface area contributed by atoms with E-state index in [0.717, 1.165) is 31.9 Å². The topological polar surface area (TPSA) is 78.8 Å². The third kappa shape index (κ3) is 3.36. The summed E-state index contributed by atoms with van der Waals surface area (Å²) in [6, 6.07) is 5.77. The molecule has 7 heteroatoms. The first-order chi connectivity index (χ1) is 10.7. The molecule has 2 aromatic heterocycles. The Labute approximate surface area is 129 Å². The van der Waals surface area contributed by atoms with Gasteiger partial charge in [0.15, 0.2) is 0 Å². The van der Waals surface area contributed by atoms with Crippen molar-refractivity contribution >= 4 is 5.82 Å².